The Morgan fingerprint density at radius 3 is 2.14 bits per heavy atom. The van der Waals surface area contributed by atoms with Gasteiger partial charge in [-0.3, -0.25) is 14.6 Å². The number of nitrogens with zero attached hydrogens (tertiary/aromatic N) is 3. The minimum absolute atomic E-state index is 0.184. The standard InChI is InChI=1S/C17H29N3O/c1-3-9-20(10-4-2)17(21)15-18-11-13-19(14-12-18)16-7-5-6-8-16/h3-4,16H,1-2,5-15H2. The van der Waals surface area contributed by atoms with Gasteiger partial charge in [0.1, 0.15) is 0 Å². The highest BCUT2D eigenvalue weighted by molar-refractivity contribution is 5.78. The summed E-state index contributed by atoms with van der Waals surface area (Å²) >= 11 is 0. The molecule has 1 saturated carbocycles. The monoisotopic (exact) mass is 291 g/mol. The van der Waals surface area contributed by atoms with Crippen LogP contribution in [0.3, 0.4) is 0 Å². The fraction of sp³-hybridized carbons (Fsp3) is 0.706. The van der Waals surface area contributed by atoms with Gasteiger partial charge in [0.2, 0.25) is 5.91 Å². The van der Waals surface area contributed by atoms with Crippen molar-refractivity contribution in [2.24, 2.45) is 0 Å². The molecule has 2 fully saturated rings. The third kappa shape index (κ3) is 4.68. The minimum atomic E-state index is 0.184. The van der Waals surface area contributed by atoms with Crippen LogP contribution in [-0.4, -0.2) is 72.5 Å². The summed E-state index contributed by atoms with van der Waals surface area (Å²) in [5.74, 6) is 0.184. The molecule has 1 amide bonds. The second-order valence-electron chi connectivity index (χ2n) is 6.13. The van der Waals surface area contributed by atoms with Crippen molar-refractivity contribution in [3.63, 3.8) is 0 Å². The zero-order valence-electron chi connectivity index (χ0n) is 13.2. The molecule has 1 aliphatic heterocycles. The van der Waals surface area contributed by atoms with E-state index in [0.717, 1.165) is 32.2 Å². The summed E-state index contributed by atoms with van der Waals surface area (Å²) in [6.07, 6.45) is 9.07. The van der Waals surface area contributed by atoms with Crippen molar-refractivity contribution in [3.05, 3.63) is 25.3 Å². The fourth-order valence-corrected chi connectivity index (χ4v) is 3.44. The first-order valence-electron chi connectivity index (χ1n) is 8.20. The zero-order valence-corrected chi connectivity index (χ0v) is 13.2. The molecule has 0 spiro atoms. The van der Waals surface area contributed by atoms with Gasteiger partial charge in [-0.1, -0.05) is 25.0 Å². The summed E-state index contributed by atoms with van der Waals surface area (Å²) in [4.78, 5) is 19.0. The third-order valence-electron chi connectivity index (χ3n) is 4.66. The van der Waals surface area contributed by atoms with Crippen molar-refractivity contribution >= 4 is 5.91 Å². The first kappa shape index (κ1) is 16.2. The van der Waals surface area contributed by atoms with E-state index in [0.29, 0.717) is 19.6 Å². The Morgan fingerprint density at radius 2 is 1.62 bits per heavy atom. The third-order valence-corrected chi connectivity index (χ3v) is 4.66. The van der Waals surface area contributed by atoms with E-state index in [1.807, 2.05) is 4.90 Å². The SMILES string of the molecule is C=CCN(CC=C)C(=O)CN1CCN(C2CCCC2)CC1. The van der Waals surface area contributed by atoms with Gasteiger partial charge < -0.3 is 4.90 Å². The van der Waals surface area contributed by atoms with Gasteiger partial charge in [-0.25, -0.2) is 0 Å². The van der Waals surface area contributed by atoms with Crippen LogP contribution in [0.25, 0.3) is 0 Å². The predicted molar refractivity (Wildman–Crippen MR) is 87.2 cm³/mol. The lowest BCUT2D eigenvalue weighted by molar-refractivity contribution is -0.131. The van der Waals surface area contributed by atoms with Crippen molar-refractivity contribution in [1.29, 1.82) is 0 Å². The number of hydrogen-bond acceptors (Lipinski definition) is 3. The largest absolute Gasteiger partial charge is 0.334 e. The molecule has 2 rings (SSSR count). The van der Waals surface area contributed by atoms with Crippen LogP contribution in [0.5, 0.6) is 0 Å². The van der Waals surface area contributed by atoms with Crippen LogP contribution in [0, 0.1) is 0 Å². The summed E-state index contributed by atoms with van der Waals surface area (Å²) in [6.45, 7) is 13.4. The molecule has 4 nitrogen and oxygen atoms in total. The second kappa shape index (κ2) is 8.35. The van der Waals surface area contributed by atoms with Gasteiger partial charge in [0.05, 0.1) is 6.54 Å². The zero-order chi connectivity index (χ0) is 15.1. The quantitative estimate of drug-likeness (QED) is 0.669. The molecule has 0 aromatic carbocycles. The molecular weight excluding hydrogens is 262 g/mol. The lowest BCUT2D eigenvalue weighted by Crippen LogP contribution is -2.52. The van der Waals surface area contributed by atoms with Crippen LogP contribution >= 0.6 is 0 Å². The molecule has 1 heterocycles. The van der Waals surface area contributed by atoms with Gasteiger partial charge >= 0.3 is 0 Å². The first-order chi connectivity index (χ1) is 10.2. The molecule has 2 aliphatic rings. The summed E-state index contributed by atoms with van der Waals surface area (Å²) in [6, 6.07) is 0.806. The first-order valence-corrected chi connectivity index (χ1v) is 8.20. The van der Waals surface area contributed by atoms with Crippen molar-refractivity contribution in [2.75, 3.05) is 45.8 Å². The number of hydrogen-bond donors (Lipinski definition) is 0. The molecule has 0 radical (unpaired) electrons. The number of piperazine rings is 1. The number of amides is 1. The molecule has 1 aliphatic carbocycles. The van der Waals surface area contributed by atoms with E-state index in [1.54, 1.807) is 12.2 Å². The highest BCUT2D eigenvalue weighted by atomic mass is 16.2. The van der Waals surface area contributed by atoms with E-state index >= 15 is 0 Å². The maximum Gasteiger partial charge on any atom is 0.237 e. The van der Waals surface area contributed by atoms with Crippen molar-refractivity contribution < 1.29 is 4.79 Å². The van der Waals surface area contributed by atoms with Gasteiger partial charge in [0, 0.05) is 45.3 Å². The normalized spacial score (nSPS) is 21.3. The molecule has 0 atom stereocenters. The number of rotatable bonds is 7. The predicted octanol–water partition coefficient (Wildman–Crippen LogP) is 1.75. The Labute approximate surface area is 129 Å². The Balaban J connectivity index is 1.75. The maximum absolute atomic E-state index is 12.3. The smallest absolute Gasteiger partial charge is 0.237 e. The Hall–Kier alpha value is -1.13. The van der Waals surface area contributed by atoms with Crippen LogP contribution < -0.4 is 0 Å². The fourth-order valence-electron chi connectivity index (χ4n) is 3.44. The average Bonchev–Trinajstić information content (AvgIpc) is 3.02. The Morgan fingerprint density at radius 1 is 1.05 bits per heavy atom. The summed E-state index contributed by atoms with van der Waals surface area (Å²) in [7, 11) is 0. The van der Waals surface area contributed by atoms with Crippen molar-refractivity contribution in [1.82, 2.24) is 14.7 Å². The number of carbonyl (C=O) groups excluding carboxylic acids is 1. The second-order valence-corrected chi connectivity index (χ2v) is 6.13. The van der Waals surface area contributed by atoms with Crippen LogP contribution in [0.4, 0.5) is 0 Å². The van der Waals surface area contributed by atoms with Gasteiger partial charge in [0.25, 0.3) is 0 Å². The summed E-state index contributed by atoms with van der Waals surface area (Å²) in [5.41, 5.74) is 0. The van der Waals surface area contributed by atoms with Crippen LogP contribution in [0.1, 0.15) is 25.7 Å². The van der Waals surface area contributed by atoms with Crippen LogP contribution in [0.2, 0.25) is 0 Å². The Bertz CT molecular complexity index is 345. The molecule has 0 unspecified atom stereocenters. The lowest BCUT2D eigenvalue weighted by atomic mass is 10.2. The van der Waals surface area contributed by atoms with E-state index in [9.17, 15) is 4.79 Å². The summed E-state index contributed by atoms with van der Waals surface area (Å²) < 4.78 is 0. The maximum atomic E-state index is 12.3. The molecule has 0 aromatic heterocycles. The molecule has 4 heteroatoms. The van der Waals surface area contributed by atoms with Crippen molar-refractivity contribution in [2.45, 2.75) is 31.7 Å². The van der Waals surface area contributed by atoms with Crippen LogP contribution in [0.15, 0.2) is 25.3 Å². The van der Waals surface area contributed by atoms with E-state index in [2.05, 4.69) is 23.0 Å². The van der Waals surface area contributed by atoms with Gasteiger partial charge in [0.15, 0.2) is 0 Å². The van der Waals surface area contributed by atoms with E-state index in [-0.39, 0.29) is 5.91 Å². The van der Waals surface area contributed by atoms with Gasteiger partial charge in [-0.15, -0.1) is 13.2 Å². The van der Waals surface area contributed by atoms with E-state index in [4.69, 9.17) is 0 Å². The molecule has 0 N–H and O–H groups in total. The molecular formula is C17H29N3O. The Kier molecular flexibility index (Phi) is 6.46. The highest BCUT2D eigenvalue weighted by Crippen LogP contribution is 2.24. The molecule has 118 valence electrons. The summed E-state index contributed by atoms with van der Waals surface area (Å²) in [5, 5.41) is 0. The van der Waals surface area contributed by atoms with Gasteiger partial charge in [-0.05, 0) is 12.8 Å². The molecule has 1 saturated heterocycles. The van der Waals surface area contributed by atoms with E-state index in [1.165, 1.54) is 25.7 Å². The topological polar surface area (TPSA) is 26.8 Å². The highest BCUT2D eigenvalue weighted by Gasteiger charge is 2.27. The van der Waals surface area contributed by atoms with Gasteiger partial charge in [-0.2, -0.15) is 0 Å². The lowest BCUT2D eigenvalue weighted by Gasteiger charge is -2.38. The molecule has 0 bridgehead atoms. The minimum Gasteiger partial charge on any atom is -0.334 e. The molecule has 21 heavy (non-hydrogen) atoms. The molecule has 0 aromatic rings. The number of carbonyl (C=O) groups is 1. The van der Waals surface area contributed by atoms with Crippen molar-refractivity contribution in [3.8, 4) is 0 Å². The average molecular weight is 291 g/mol. The van der Waals surface area contributed by atoms with E-state index < -0.39 is 0 Å². The van der Waals surface area contributed by atoms with Crippen LogP contribution in [-0.2, 0) is 4.79 Å².